The molecule has 1 saturated carbocycles. The summed E-state index contributed by atoms with van der Waals surface area (Å²) in [5.74, 6) is -0.544. The molecule has 0 saturated heterocycles. The number of fused-ring (bicyclic) bond motifs is 1. The lowest BCUT2D eigenvalue weighted by molar-refractivity contribution is -0.138. The normalized spacial score (nSPS) is 15.2. The number of hydrogen-bond donors (Lipinski definition) is 2. The zero-order chi connectivity index (χ0) is 33.8. The molecule has 10 radical (unpaired) electrons. The molecule has 0 spiro atoms. The molecule has 16 heteroatoms. The molecule has 1 aromatic heterocycles. The minimum absolute atomic E-state index is 0.00869. The number of hydrogen-bond acceptors (Lipinski definition) is 4. The summed E-state index contributed by atoms with van der Waals surface area (Å²) in [5, 5.41) is 10.9. The van der Waals surface area contributed by atoms with Crippen LogP contribution in [0.4, 0.5) is 13.2 Å². The molecule has 6 nitrogen and oxygen atoms in total. The zero-order valence-electron chi connectivity index (χ0n) is 24.3. The molecule has 0 aliphatic heterocycles. The Hall–Kier alpha value is -3.02. The van der Waals surface area contributed by atoms with E-state index in [1.165, 1.54) is 36.4 Å². The first-order valence-electron chi connectivity index (χ1n) is 14.1. The number of alkyl halides is 3. The van der Waals surface area contributed by atoms with Crippen molar-refractivity contribution in [3.8, 4) is 0 Å². The summed E-state index contributed by atoms with van der Waals surface area (Å²) in [6, 6.07) is 14.7. The van der Waals surface area contributed by atoms with E-state index in [0.29, 0.717) is 16.6 Å². The van der Waals surface area contributed by atoms with Crippen LogP contribution in [0.5, 0.6) is 0 Å². The Bertz CT molecular complexity index is 1910. The predicted octanol–water partition coefficient (Wildman–Crippen LogP) is 4.05. The number of carbonyl (C=O) groups excluding carboxylic acids is 1. The van der Waals surface area contributed by atoms with Gasteiger partial charge < -0.3 is 15.0 Å². The van der Waals surface area contributed by atoms with Crippen LogP contribution in [0.3, 0.4) is 0 Å². The van der Waals surface area contributed by atoms with Gasteiger partial charge in [-0.1, -0.05) is 29.8 Å². The van der Waals surface area contributed by atoms with Crippen molar-refractivity contribution in [1.82, 2.24) is 9.88 Å². The molecule has 3 aromatic carbocycles. The van der Waals surface area contributed by atoms with E-state index in [0.717, 1.165) is 24.4 Å². The van der Waals surface area contributed by atoms with Crippen LogP contribution in [-0.4, -0.2) is 74.4 Å². The van der Waals surface area contributed by atoms with Gasteiger partial charge in [-0.15, -0.1) is 5.11 Å². The Morgan fingerprint density at radius 1 is 0.978 bits per heavy atom. The van der Waals surface area contributed by atoms with Gasteiger partial charge in [0.2, 0.25) is 0 Å². The lowest BCUT2D eigenvalue weighted by atomic mass is 9.30. The predicted molar refractivity (Wildman–Crippen MR) is 175 cm³/mol. The summed E-state index contributed by atoms with van der Waals surface area (Å²) in [6.45, 7) is -0.528. The molecule has 1 heterocycles. The molecule has 46 heavy (non-hydrogen) atoms. The van der Waals surface area contributed by atoms with E-state index in [4.69, 9.17) is 50.8 Å². The van der Waals surface area contributed by atoms with Crippen molar-refractivity contribution in [3.05, 3.63) is 99.7 Å². The largest absolute Gasteiger partial charge is 0.416 e. The molecule has 1 amide bonds. The number of rotatable bonds is 10. The van der Waals surface area contributed by atoms with Crippen molar-refractivity contribution in [2.45, 2.75) is 52.1 Å². The van der Waals surface area contributed by atoms with Gasteiger partial charge in [0.15, 0.2) is 9.84 Å². The van der Waals surface area contributed by atoms with Gasteiger partial charge in [-0.2, -0.15) is 13.2 Å². The fourth-order valence-electron chi connectivity index (χ4n) is 5.28. The number of aromatic nitrogens is 1. The molecule has 4 aromatic rings. The summed E-state index contributed by atoms with van der Waals surface area (Å²) in [5.41, 5.74) is 1.33. The van der Waals surface area contributed by atoms with E-state index in [1.807, 2.05) is 4.57 Å². The van der Waals surface area contributed by atoms with Crippen molar-refractivity contribution >= 4 is 77.5 Å². The highest BCUT2D eigenvalue weighted by Gasteiger charge is 2.42. The zero-order valence-corrected chi connectivity index (χ0v) is 25.8. The molecular weight excluding hydrogens is 631 g/mol. The average molecular weight is 654 g/mol. The van der Waals surface area contributed by atoms with Crippen molar-refractivity contribution in [2.24, 2.45) is 0 Å². The summed E-state index contributed by atoms with van der Waals surface area (Å²) in [7, 11) is 23.2. The summed E-state index contributed by atoms with van der Waals surface area (Å²) >= 11 is 5.87. The third-order valence-electron chi connectivity index (χ3n) is 8.04. The summed E-state index contributed by atoms with van der Waals surface area (Å²) < 4.78 is 66.5. The Morgan fingerprint density at radius 3 is 2.20 bits per heavy atom. The van der Waals surface area contributed by atoms with Crippen molar-refractivity contribution in [2.75, 3.05) is 6.61 Å². The van der Waals surface area contributed by atoms with E-state index in [-0.39, 0.29) is 33.5 Å². The summed E-state index contributed by atoms with van der Waals surface area (Å²) in [6.07, 6.45) is -2.81. The summed E-state index contributed by atoms with van der Waals surface area (Å²) in [4.78, 5) is 12.9. The molecule has 0 bridgehead atoms. The minimum atomic E-state index is -4.58. The smallest absolute Gasteiger partial charge is 0.394 e. The molecule has 1 aliphatic rings. The molecule has 5 rings (SSSR count). The molecule has 1 aliphatic carbocycles. The van der Waals surface area contributed by atoms with Crippen LogP contribution in [0.1, 0.15) is 57.7 Å². The van der Waals surface area contributed by atoms with E-state index in [1.54, 1.807) is 24.3 Å². The first kappa shape index (κ1) is 34.3. The van der Waals surface area contributed by atoms with Crippen LogP contribution in [0.2, 0.25) is 10.1 Å². The van der Waals surface area contributed by atoms with Gasteiger partial charge in [-0.05, 0) is 77.0 Å². The number of nitrogens with one attached hydrogen (secondary N) is 1. The number of halogens is 4. The Kier molecular flexibility index (Phi) is 9.11. The van der Waals surface area contributed by atoms with Crippen molar-refractivity contribution in [3.63, 3.8) is 0 Å². The maximum Gasteiger partial charge on any atom is 0.416 e. The highest BCUT2D eigenvalue weighted by Crippen LogP contribution is 2.42. The number of nitrogens with zero attached hydrogens (tertiary/aromatic N) is 1. The van der Waals surface area contributed by atoms with Crippen LogP contribution in [-0.2, 0) is 22.4 Å². The number of sulfone groups is 1. The van der Waals surface area contributed by atoms with E-state index in [9.17, 15) is 31.5 Å². The molecular formula is C30H23B5ClF3N2O4S. The van der Waals surface area contributed by atoms with Gasteiger partial charge in [0.05, 0.1) is 62.3 Å². The second-order valence-corrected chi connectivity index (χ2v) is 14.1. The maximum absolute atomic E-state index is 13.8. The third-order valence-corrected chi connectivity index (χ3v) is 10.4. The van der Waals surface area contributed by atoms with E-state index >= 15 is 0 Å². The molecule has 1 atom stereocenters. The van der Waals surface area contributed by atoms with Gasteiger partial charge in [0.25, 0.3) is 5.91 Å². The lowest BCUT2D eigenvalue weighted by Gasteiger charge is -2.40. The number of amides is 1. The number of benzene rings is 3. The second-order valence-electron chi connectivity index (χ2n) is 11.5. The van der Waals surface area contributed by atoms with E-state index in [2.05, 4.69) is 5.32 Å². The third kappa shape index (κ3) is 6.55. The molecule has 226 valence electrons. The molecule has 2 N–H and O–H groups in total. The lowest BCUT2D eigenvalue weighted by Crippen LogP contribution is -2.52. The molecule has 1 fully saturated rings. The SMILES string of the molecule is [B]C([B])([B])C([B])([B])S(=O)(=O)c1ccc([C@H](CO)NC(=O)c2ccc3c(c2)cc(Cc2ccc(Cl)cc2C(F)(F)F)n3C2CC2)cc1. The second kappa shape index (κ2) is 12.2. The van der Waals surface area contributed by atoms with Crippen molar-refractivity contribution < 1.29 is 31.5 Å². The number of aliphatic hydroxyl groups is 1. The topological polar surface area (TPSA) is 88.4 Å². The van der Waals surface area contributed by atoms with Gasteiger partial charge in [0.1, 0.15) is 0 Å². The molecule has 0 unspecified atom stereocenters. The number of aliphatic hydroxyl groups excluding tert-OH is 1. The van der Waals surface area contributed by atoms with Crippen LogP contribution in [0, 0.1) is 0 Å². The minimum Gasteiger partial charge on any atom is -0.394 e. The maximum atomic E-state index is 13.8. The first-order valence-corrected chi connectivity index (χ1v) is 15.9. The Balaban J connectivity index is 1.40. The quantitative estimate of drug-likeness (QED) is 0.253. The van der Waals surface area contributed by atoms with E-state index < -0.39 is 49.8 Å². The van der Waals surface area contributed by atoms with Gasteiger partial charge >= 0.3 is 6.18 Å². The van der Waals surface area contributed by atoms with Crippen LogP contribution in [0.15, 0.2) is 71.6 Å². The average Bonchev–Trinajstić information content (AvgIpc) is 3.75. The fourth-order valence-corrected chi connectivity index (χ4v) is 6.80. The van der Waals surface area contributed by atoms with Crippen LogP contribution >= 0.6 is 11.6 Å². The van der Waals surface area contributed by atoms with Crippen LogP contribution < -0.4 is 5.32 Å². The van der Waals surface area contributed by atoms with Crippen LogP contribution in [0.25, 0.3) is 10.9 Å². The highest BCUT2D eigenvalue weighted by molar-refractivity contribution is 7.95. The fraction of sp³-hybridized carbons (Fsp3) is 0.300. The van der Waals surface area contributed by atoms with Gasteiger partial charge in [-0.25, -0.2) is 8.42 Å². The highest BCUT2D eigenvalue weighted by atomic mass is 35.5. The number of carbonyl (C=O) groups is 1. The van der Waals surface area contributed by atoms with Crippen molar-refractivity contribution in [1.29, 1.82) is 0 Å². The standard InChI is InChI=1S/C30H23B5ClF3N2O4S/c31-29(32,33)30(34,35)46(44,45)23-8-2-16(3-9-23)25(15-42)40-27(43)18-4-10-26-19(11-18)13-22(41(26)21-6-7-21)12-17-1-5-20(36)14-24(17)28(37,38)39/h1-5,8-11,13-14,21,25,42H,6-7,12,15H2,(H,40,43)/t25-/m0/s1. The van der Waals surface area contributed by atoms with Gasteiger partial charge in [0, 0.05) is 39.6 Å². The Labute approximate surface area is 276 Å². The monoisotopic (exact) mass is 654 g/mol. The first-order chi connectivity index (χ1) is 21.3. The van der Waals surface area contributed by atoms with Gasteiger partial charge in [-0.3, -0.25) is 4.79 Å². The Morgan fingerprint density at radius 2 is 1.63 bits per heavy atom.